The van der Waals surface area contributed by atoms with Gasteiger partial charge in [0.2, 0.25) is 0 Å². The third-order valence-corrected chi connectivity index (χ3v) is 5.03. The number of carbonyl (C=O) groups excluding carboxylic acids is 1. The van der Waals surface area contributed by atoms with Crippen LogP contribution in [0.15, 0.2) is 97.1 Å². The molecule has 0 radical (unpaired) electrons. The van der Waals surface area contributed by atoms with Gasteiger partial charge in [-0.2, -0.15) is 0 Å². The molecule has 0 aromatic heterocycles. The fourth-order valence-corrected chi connectivity index (χ4v) is 3.70. The minimum absolute atomic E-state index is 0.120. The van der Waals surface area contributed by atoms with Gasteiger partial charge in [-0.05, 0) is 57.6 Å². The van der Waals surface area contributed by atoms with Crippen LogP contribution in [0.1, 0.15) is 15.9 Å². The van der Waals surface area contributed by atoms with Gasteiger partial charge in [-0.15, -0.1) is 0 Å². The lowest BCUT2D eigenvalue weighted by Gasteiger charge is -2.07. The molecule has 1 nitrogen and oxygen atoms in total. The Morgan fingerprint density at radius 2 is 0.808 bits per heavy atom. The molecule has 5 rings (SSSR count). The van der Waals surface area contributed by atoms with Crippen molar-refractivity contribution in [1.82, 2.24) is 0 Å². The van der Waals surface area contributed by atoms with Gasteiger partial charge in [0.1, 0.15) is 0 Å². The van der Waals surface area contributed by atoms with Crippen molar-refractivity contribution in [1.29, 1.82) is 0 Å². The molecule has 122 valence electrons. The molecule has 0 N–H and O–H groups in total. The van der Waals surface area contributed by atoms with Gasteiger partial charge in [-0.25, -0.2) is 0 Å². The van der Waals surface area contributed by atoms with Crippen molar-refractivity contribution < 1.29 is 4.79 Å². The predicted octanol–water partition coefficient (Wildman–Crippen LogP) is 6.23. The number of hydrogen-bond donors (Lipinski definition) is 0. The maximum atomic E-state index is 12.8. The van der Waals surface area contributed by atoms with E-state index < -0.39 is 0 Å². The van der Waals surface area contributed by atoms with Gasteiger partial charge < -0.3 is 0 Å². The Hall–Kier alpha value is -3.45. The van der Waals surface area contributed by atoms with Crippen LogP contribution in [0.25, 0.3) is 33.4 Å². The summed E-state index contributed by atoms with van der Waals surface area (Å²) < 4.78 is 0. The molecule has 4 aromatic carbocycles. The Morgan fingerprint density at radius 3 is 1.23 bits per heavy atom. The van der Waals surface area contributed by atoms with Crippen molar-refractivity contribution >= 4 is 5.78 Å². The predicted molar refractivity (Wildman–Crippen MR) is 106 cm³/mol. The first-order chi connectivity index (χ1) is 12.8. The number of hydrogen-bond acceptors (Lipinski definition) is 1. The van der Waals surface area contributed by atoms with E-state index in [2.05, 4.69) is 36.4 Å². The van der Waals surface area contributed by atoms with Crippen LogP contribution in [0.3, 0.4) is 0 Å². The molecule has 0 amide bonds. The summed E-state index contributed by atoms with van der Waals surface area (Å²) in [5.74, 6) is 0.120. The first-order valence-electron chi connectivity index (χ1n) is 8.75. The average Bonchev–Trinajstić information content (AvgIpc) is 3.01. The molecule has 0 spiro atoms. The fourth-order valence-electron chi connectivity index (χ4n) is 3.70. The van der Waals surface area contributed by atoms with E-state index in [1.165, 1.54) is 0 Å². The standard InChI is InChI=1S/C25H16O/c26-25-21-13-11-19(17-7-3-1-4-8-17)15-23(21)24-16-20(12-14-22(24)25)18-9-5-2-6-10-18/h1-16H. The quantitative estimate of drug-likeness (QED) is 0.374. The van der Waals surface area contributed by atoms with Crippen LogP contribution < -0.4 is 0 Å². The highest BCUT2D eigenvalue weighted by molar-refractivity contribution is 6.22. The van der Waals surface area contributed by atoms with Crippen molar-refractivity contribution in [2.45, 2.75) is 0 Å². The second kappa shape index (κ2) is 5.82. The number of carbonyl (C=O) groups is 1. The topological polar surface area (TPSA) is 17.1 Å². The second-order valence-electron chi connectivity index (χ2n) is 6.58. The third kappa shape index (κ3) is 2.29. The summed E-state index contributed by atoms with van der Waals surface area (Å²) in [5, 5.41) is 0. The highest BCUT2D eigenvalue weighted by atomic mass is 16.1. The van der Waals surface area contributed by atoms with Gasteiger partial charge >= 0.3 is 0 Å². The first kappa shape index (κ1) is 14.9. The summed E-state index contributed by atoms with van der Waals surface area (Å²) in [7, 11) is 0. The van der Waals surface area contributed by atoms with Gasteiger partial charge in [-0.3, -0.25) is 4.79 Å². The summed E-state index contributed by atoms with van der Waals surface area (Å²) in [6.07, 6.45) is 0. The lowest BCUT2D eigenvalue weighted by molar-refractivity contribution is 0.104. The highest BCUT2D eigenvalue weighted by Gasteiger charge is 2.27. The molecule has 1 aliphatic rings. The number of fused-ring (bicyclic) bond motifs is 3. The van der Waals surface area contributed by atoms with E-state index in [0.717, 1.165) is 44.5 Å². The normalized spacial score (nSPS) is 11.9. The molecule has 0 fully saturated rings. The Kier molecular flexibility index (Phi) is 3.32. The molecule has 0 atom stereocenters. The monoisotopic (exact) mass is 332 g/mol. The molecule has 0 unspecified atom stereocenters. The molecule has 1 aliphatic carbocycles. The zero-order valence-corrected chi connectivity index (χ0v) is 14.1. The van der Waals surface area contributed by atoms with Crippen LogP contribution in [0.5, 0.6) is 0 Å². The molecule has 0 saturated heterocycles. The lowest BCUT2D eigenvalue weighted by atomic mass is 9.96. The van der Waals surface area contributed by atoms with E-state index in [1.807, 2.05) is 60.7 Å². The molecule has 0 heterocycles. The first-order valence-corrected chi connectivity index (χ1v) is 8.75. The minimum Gasteiger partial charge on any atom is -0.289 e. The van der Waals surface area contributed by atoms with Crippen LogP contribution >= 0.6 is 0 Å². The van der Waals surface area contributed by atoms with E-state index >= 15 is 0 Å². The van der Waals surface area contributed by atoms with Crippen molar-refractivity contribution in [3.05, 3.63) is 108 Å². The average molecular weight is 332 g/mol. The maximum absolute atomic E-state index is 12.8. The van der Waals surface area contributed by atoms with E-state index in [9.17, 15) is 4.79 Å². The second-order valence-corrected chi connectivity index (χ2v) is 6.58. The van der Waals surface area contributed by atoms with Crippen molar-refractivity contribution in [2.75, 3.05) is 0 Å². The zero-order chi connectivity index (χ0) is 17.5. The Labute approximate surface area is 152 Å². The van der Waals surface area contributed by atoms with Crippen molar-refractivity contribution in [2.24, 2.45) is 0 Å². The van der Waals surface area contributed by atoms with Crippen LogP contribution in [0, 0.1) is 0 Å². The molecule has 0 saturated carbocycles. The van der Waals surface area contributed by atoms with Crippen molar-refractivity contribution in [3.63, 3.8) is 0 Å². The van der Waals surface area contributed by atoms with Gasteiger partial charge in [-0.1, -0.05) is 72.8 Å². The minimum atomic E-state index is 0.120. The molecule has 26 heavy (non-hydrogen) atoms. The summed E-state index contributed by atoms with van der Waals surface area (Å²) in [5.41, 5.74) is 8.25. The third-order valence-electron chi connectivity index (χ3n) is 5.03. The van der Waals surface area contributed by atoms with Gasteiger partial charge in [0.15, 0.2) is 5.78 Å². The van der Waals surface area contributed by atoms with Gasteiger partial charge in [0.25, 0.3) is 0 Å². The zero-order valence-electron chi connectivity index (χ0n) is 14.1. The summed E-state index contributed by atoms with van der Waals surface area (Å²) in [6.45, 7) is 0. The van der Waals surface area contributed by atoms with E-state index in [4.69, 9.17) is 0 Å². The lowest BCUT2D eigenvalue weighted by Crippen LogP contribution is -1.94. The molecular formula is C25H16O. The number of rotatable bonds is 2. The van der Waals surface area contributed by atoms with E-state index in [1.54, 1.807) is 0 Å². The SMILES string of the molecule is O=C1c2ccc(-c3ccccc3)cc2-c2cc(-c3ccccc3)ccc21. The highest BCUT2D eigenvalue weighted by Crippen LogP contribution is 2.40. The Morgan fingerprint density at radius 1 is 0.385 bits per heavy atom. The fraction of sp³-hybridized carbons (Fsp3) is 0. The number of ketones is 1. The molecule has 0 bridgehead atoms. The number of benzene rings is 4. The summed E-state index contributed by atoms with van der Waals surface area (Å²) >= 11 is 0. The molecule has 0 aliphatic heterocycles. The van der Waals surface area contributed by atoms with Crippen molar-refractivity contribution in [3.8, 4) is 33.4 Å². The molecule has 4 aromatic rings. The smallest absolute Gasteiger partial charge is 0.194 e. The van der Waals surface area contributed by atoms with Gasteiger partial charge in [0.05, 0.1) is 0 Å². The largest absolute Gasteiger partial charge is 0.289 e. The van der Waals surface area contributed by atoms with Crippen LogP contribution in [0.2, 0.25) is 0 Å². The summed E-state index contributed by atoms with van der Waals surface area (Å²) in [4.78, 5) is 12.8. The van der Waals surface area contributed by atoms with E-state index in [-0.39, 0.29) is 5.78 Å². The van der Waals surface area contributed by atoms with Crippen LogP contribution in [-0.4, -0.2) is 5.78 Å². The molecular weight excluding hydrogens is 316 g/mol. The Balaban J connectivity index is 1.68. The van der Waals surface area contributed by atoms with E-state index in [0.29, 0.717) is 0 Å². The maximum Gasteiger partial charge on any atom is 0.194 e. The van der Waals surface area contributed by atoms with Crippen LogP contribution in [-0.2, 0) is 0 Å². The molecule has 1 heteroatoms. The van der Waals surface area contributed by atoms with Crippen LogP contribution in [0.4, 0.5) is 0 Å². The summed E-state index contributed by atoms with van der Waals surface area (Å²) in [6, 6.07) is 32.8. The van der Waals surface area contributed by atoms with Gasteiger partial charge in [0, 0.05) is 11.1 Å². The Bertz CT molecular complexity index is 1030.